The van der Waals surface area contributed by atoms with E-state index in [0.717, 1.165) is 6.07 Å². The van der Waals surface area contributed by atoms with Crippen LogP contribution in [0.3, 0.4) is 0 Å². The fraction of sp³-hybridized carbons (Fsp3) is 0. The summed E-state index contributed by atoms with van der Waals surface area (Å²) < 4.78 is 27.0. The number of benzene rings is 1. The summed E-state index contributed by atoms with van der Waals surface area (Å²) in [6, 6.07) is 5.40. The molecular weight excluding hydrogens is 406 g/mol. The molecule has 1 heterocycles. The summed E-state index contributed by atoms with van der Waals surface area (Å²) >= 11 is 9.67. The number of rotatable bonds is 4. The molecule has 0 aliphatic carbocycles. The summed E-state index contributed by atoms with van der Waals surface area (Å²) in [5.74, 6) is 0. The van der Waals surface area contributed by atoms with Crippen LogP contribution in [0.4, 0.5) is 16.4 Å². The lowest BCUT2D eigenvalue weighted by molar-refractivity contribution is -0.383. The van der Waals surface area contributed by atoms with Gasteiger partial charge in [-0.05, 0) is 34.1 Å². The zero-order valence-corrected chi connectivity index (χ0v) is 14.0. The molecule has 2 aromatic rings. The van der Waals surface area contributed by atoms with Crippen LogP contribution in [0, 0.1) is 10.1 Å². The van der Waals surface area contributed by atoms with Crippen molar-refractivity contribution in [2.45, 2.75) is 4.21 Å². The molecule has 0 unspecified atom stereocenters. The first-order valence-electron chi connectivity index (χ1n) is 5.22. The van der Waals surface area contributed by atoms with Gasteiger partial charge in [0.15, 0.2) is 5.00 Å². The molecule has 0 aliphatic rings. The highest BCUT2D eigenvalue weighted by Crippen LogP contribution is 2.35. The van der Waals surface area contributed by atoms with E-state index in [-0.39, 0.29) is 14.9 Å². The molecule has 0 saturated carbocycles. The lowest BCUT2D eigenvalue weighted by Gasteiger charge is -2.06. The maximum absolute atomic E-state index is 12.2. The molecule has 0 radical (unpaired) electrons. The number of halogens is 2. The van der Waals surface area contributed by atoms with Gasteiger partial charge < -0.3 is 5.73 Å². The van der Waals surface area contributed by atoms with Crippen LogP contribution in [-0.4, -0.2) is 13.3 Å². The minimum atomic E-state index is -3.97. The Morgan fingerprint density at radius 3 is 2.57 bits per heavy atom. The van der Waals surface area contributed by atoms with Gasteiger partial charge in [0.1, 0.15) is 4.21 Å². The zero-order chi connectivity index (χ0) is 15.8. The van der Waals surface area contributed by atoms with Gasteiger partial charge in [-0.2, -0.15) is 0 Å². The molecule has 11 heteroatoms. The third-order valence-corrected chi connectivity index (χ3v) is 6.39. The van der Waals surface area contributed by atoms with E-state index in [0.29, 0.717) is 20.8 Å². The molecule has 0 spiro atoms. The van der Waals surface area contributed by atoms with Crippen molar-refractivity contribution < 1.29 is 13.3 Å². The lowest BCUT2D eigenvalue weighted by Crippen LogP contribution is -2.11. The number of anilines is 2. The van der Waals surface area contributed by atoms with Gasteiger partial charge in [-0.25, -0.2) is 8.42 Å². The number of hydrogen-bond acceptors (Lipinski definition) is 6. The van der Waals surface area contributed by atoms with Crippen molar-refractivity contribution in [3.8, 4) is 0 Å². The maximum Gasteiger partial charge on any atom is 0.304 e. The Balaban J connectivity index is 2.36. The number of sulfonamides is 1. The van der Waals surface area contributed by atoms with Crippen molar-refractivity contribution in [3.63, 3.8) is 0 Å². The Bertz CT molecular complexity index is 822. The Hall–Kier alpha value is -1.36. The number of nitrogen functional groups attached to an aromatic ring is 1. The van der Waals surface area contributed by atoms with E-state index >= 15 is 0 Å². The van der Waals surface area contributed by atoms with Gasteiger partial charge in [0.2, 0.25) is 0 Å². The molecule has 21 heavy (non-hydrogen) atoms. The summed E-state index contributed by atoms with van der Waals surface area (Å²) in [6.45, 7) is 0. The standard InChI is InChI=1S/C10H7BrClN3O4S2/c11-6-2-1-5(3-7(6)12)14-21(18,19)9-4-8(15(16)17)10(13)20-9/h1-4,14H,13H2. The second kappa shape index (κ2) is 5.79. The van der Waals surface area contributed by atoms with Crippen LogP contribution in [0.25, 0.3) is 0 Å². The Morgan fingerprint density at radius 2 is 2.05 bits per heavy atom. The molecule has 0 atom stereocenters. The molecule has 0 bridgehead atoms. The molecular formula is C10H7BrClN3O4S2. The van der Waals surface area contributed by atoms with E-state index in [1.165, 1.54) is 12.1 Å². The van der Waals surface area contributed by atoms with Crippen LogP contribution < -0.4 is 10.5 Å². The van der Waals surface area contributed by atoms with Crippen molar-refractivity contribution in [2.75, 3.05) is 10.5 Å². The van der Waals surface area contributed by atoms with Crippen molar-refractivity contribution >= 4 is 65.3 Å². The van der Waals surface area contributed by atoms with E-state index in [4.69, 9.17) is 17.3 Å². The molecule has 0 fully saturated rings. The summed E-state index contributed by atoms with van der Waals surface area (Å²) in [6.07, 6.45) is 0. The number of hydrogen-bond donors (Lipinski definition) is 2. The van der Waals surface area contributed by atoms with Crippen molar-refractivity contribution in [3.05, 3.63) is 43.9 Å². The van der Waals surface area contributed by atoms with Gasteiger partial charge in [0.05, 0.1) is 15.6 Å². The molecule has 2 rings (SSSR count). The average molecular weight is 413 g/mol. The third-order valence-electron chi connectivity index (χ3n) is 2.35. The lowest BCUT2D eigenvalue weighted by atomic mass is 10.3. The van der Waals surface area contributed by atoms with E-state index in [9.17, 15) is 18.5 Å². The van der Waals surface area contributed by atoms with Gasteiger partial charge in [0, 0.05) is 10.5 Å². The summed E-state index contributed by atoms with van der Waals surface area (Å²) in [4.78, 5) is 9.96. The molecule has 0 saturated heterocycles. The number of nitrogens with one attached hydrogen (secondary N) is 1. The summed E-state index contributed by atoms with van der Waals surface area (Å²) in [5.41, 5.74) is 5.23. The molecule has 112 valence electrons. The van der Waals surface area contributed by atoms with Crippen molar-refractivity contribution in [1.82, 2.24) is 0 Å². The highest BCUT2D eigenvalue weighted by Gasteiger charge is 2.25. The number of nitrogens with two attached hydrogens (primary N) is 1. The first-order valence-corrected chi connectivity index (χ1v) is 8.69. The topological polar surface area (TPSA) is 115 Å². The highest BCUT2D eigenvalue weighted by atomic mass is 79.9. The average Bonchev–Trinajstić information content (AvgIpc) is 2.77. The van der Waals surface area contributed by atoms with Crippen LogP contribution in [0.2, 0.25) is 5.02 Å². The van der Waals surface area contributed by atoms with Gasteiger partial charge >= 0.3 is 5.69 Å². The quantitative estimate of drug-likeness (QED) is 0.589. The fourth-order valence-electron chi connectivity index (χ4n) is 1.41. The van der Waals surface area contributed by atoms with Gasteiger partial charge in [0.25, 0.3) is 10.0 Å². The molecule has 0 aliphatic heterocycles. The normalized spacial score (nSPS) is 11.3. The van der Waals surface area contributed by atoms with Crippen LogP contribution in [0.5, 0.6) is 0 Å². The first kappa shape index (κ1) is 16.0. The van der Waals surface area contributed by atoms with Crippen molar-refractivity contribution in [1.29, 1.82) is 0 Å². The smallest absolute Gasteiger partial charge is 0.304 e. The van der Waals surface area contributed by atoms with Gasteiger partial charge in [-0.15, -0.1) is 0 Å². The minimum absolute atomic E-state index is 0.172. The maximum atomic E-state index is 12.2. The second-order valence-electron chi connectivity index (χ2n) is 3.81. The van der Waals surface area contributed by atoms with Crippen LogP contribution >= 0.6 is 38.9 Å². The SMILES string of the molecule is Nc1sc(S(=O)(=O)Nc2ccc(Br)c(Cl)c2)cc1[N+](=O)[O-]. The predicted octanol–water partition coefficient (Wildman–Crippen LogP) is 3.46. The third kappa shape index (κ3) is 3.46. The monoisotopic (exact) mass is 411 g/mol. The first-order chi connectivity index (χ1) is 9.70. The predicted molar refractivity (Wildman–Crippen MR) is 85.3 cm³/mol. The molecule has 3 N–H and O–H groups in total. The Labute approximate surface area is 137 Å². The van der Waals surface area contributed by atoms with E-state index in [1.54, 1.807) is 6.07 Å². The van der Waals surface area contributed by atoms with E-state index in [2.05, 4.69) is 20.7 Å². The van der Waals surface area contributed by atoms with E-state index in [1.807, 2.05) is 0 Å². The van der Waals surface area contributed by atoms with E-state index < -0.39 is 20.6 Å². The number of thiophene rings is 1. The largest absolute Gasteiger partial charge is 0.385 e. The number of nitrogens with zero attached hydrogens (tertiary/aromatic N) is 1. The fourth-order valence-corrected chi connectivity index (χ4v) is 4.10. The minimum Gasteiger partial charge on any atom is -0.385 e. The molecule has 7 nitrogen and oxygen atoms in total. The van der Waals surface area contributed by atoms with Crippen LogP contribution in [-0.2, 0) is 10.0 Å². The van der Waals surface area contributed by atoms with Gasteiger partial charge in [-0.1, -0.05) is 22.9 Å². The number of nitro groups is 1. The van der Waals surface area contributed by atoms with Crippen LogP contribution in [0.1, 0.15) is 0 Å². The Morgan fingerprint density at radius 1 is 1.38 bits per heavy atom. The van der Waals surface area contributed by atoms with Gasteiger partial charge in [-0.3, -0.25) is 14.8 Å². The summed E-state index contributed by atoms with van der Waals surface area (Å²) in [7, 11) is -3.97. The Kier molecular flexibility index (Phi) is 4.42. The summed E-state index contributed by atoms with van der Waals surface area (Å²) in [5, 5.41) is 10.9. The molecule has 1 aromatic heterocycles. The molecule has 0 amide bonds. The van der Waals surface area contributed by atoms with Crippen molar-refractivity contribution in [2.24, 2.45) is 0 Å². The van der Waals surface area contributed by atoms with Crippen LogP contribution in [0.15, 0.2) is 32.9 Å². The second-order valence-corrected chi connectivity index (χ2v) is 8.06. The zero-order valence-electron chi connectivity index (χ0n) is 10.0. The molecule has 1 aromatic carbocycles. The highest BCUT2D eigenvalue weighted by molar-refractivity contribution is 9.10.